The Bertz CT molecular complexity index is 520. The number of guanidine groups is 1. The Kier molecular flexibility index (Phi) is 5.17. The maximum Gasteiger partial charge on any atom is 0.195 e. The standard InChI is InChI=1S/C15H22ClN3O2/c1-18(2)15(19(3)4)17-6-5-11-9-12(16)14-13(10-11)20-7-8-21-14/h9-10H,5-8H2,1-4H3. The van der Waals surface area contributed by atoms with E-state index in [-0.39, 0.29) is 0 Å². The Labute approximate surface area is 131 Å². The Hall–Kier alpha value is -1.62. The van der Waals surface area contributed by atoms with E-state index in [0.29, 0.717) is 30.5 Å². The summed E-state index contributed by atoms with van der Waals surface area (Å²) in [5.74, 6) is 2.32. The summed E-state index contributed by atoms with van der Waals surface area (Å²) in [5.41, 5.74) is 1.10. The van der Waals surface area contributed by atoms with Crippen LogP contribution in [0.25, 0.3) is 0 Å². The lowest BCUT2D eigenvalue weighted by Gasteiger charge is -2.23. The minimum atomic E-state index is 0.547. The van der Waals surface area contributed by atoms with Crippen LogP contribution in [0.15, 0.2) is 17.1 Å². The van der Waals surface area contributed by atoms with Crippen LogP contribution >= 0.6 is 11.6 Å². The van der Waals surface area contributed by atoms with Crippen LogP contribution < -0.4 is 9.47 Å². The fraction of sp³-hybridized carbons (Fsp3) is 0.533. The highest BCUT2D eigenvalue weighted by Crippen LogP contribution is 2.38. The largest absolute Gasteiger partial charge is 0.486 e. The molecule has 0 bridgehead atoms. The zero-order valence-corrected chi connectivity index (χ0v) is 13.8. The lowest BCUT2D eigenvalue weighted by molar-refractivity contribution is 0.171. The molecule has 2 rings (SSSR count). The monoisotopic (exact) mass is 311 g/mol. The van der Waals surface area contributed by atoms with Crippen molar-refractivity contribution in [3.8, 4) is 11.5 Å². The number of fused-ring (bicyclic) bond motifs is 1. The van der Waals surface area contributed by atoms with Crippen molar-refractivity contribution in [2.24, 2.45) is 4.99 Å². The zero-order chi connectivity index (χ0) is 15.4. The summed E-state index contributed by atoms with van der Waals surface area (Å²) in [5, 5.41) is 0.603. The van der Waals surface area contributed by atoms with Crippen molar-refractivity contribution in [3.63, 3.8) is 0 Å². The number of rotatable bonds is 3. The average molecular weight is 312 g/mol. The van der Waals surface area contributed by atoms with Gasteiger partial charge in [0.2, 0.25) is 0 Å². The molecular weight excluding hydrogens is 290 g/mol. The smallest absolute Gasteiger partial charge is 0.195 e. The van der Waals surface area contributed by atoms with Gasteiger partial charge < -0.3 is 19.3 Å². The summed E-state index contributed by atoms with van der Waals surface area (Å²) in [6, 6.07) is 3.91. The molecule has 0 N–H and O–H groups in total. The Morgan fingerprint density at radius 1 is 1.14 bits per heavy atom. The van der Waals surface area contributed by atoms with Crippen LogP contribution in [-0.4, -0.2) is 63.7 Å². The lowest BCUT2D eigenvalue weighted by atomic mass is 10.1. The van der Waals surface area contributed by atoms with Gasteiger partial charge in [0.25, 0.3) is 0 Å². The molecule has 0 spiro atoms. The van der Waals surface area contributed by atoms with Crippen LogP contribution in [-0.2, 0) is 6.42 Å². The van der Waals surface area contributed by atoms with Crippen LogP contribution in [0, 0.1) is 0 Å². The molecule has 0 saturated heterocycles. The fourth-order valence-corrected chi connectivity index (χ4v) is 2.56. The molecule has 0 aromatic heterocycles. The minimum absolute atomic E-state index is 0.547. The molecule has 6 heteroatoms. The summed E-state index contributed by atoms with van der Waals surface area (Å²) in [6.45, 7) is 1.81. The van der Waals surface area contributed by atoms with E-state index < -0.39 is 0 Å². The number of hydrogen-bond donors (Lipinski definition) is 0. The van der Waals surface area contributed by atoms with Crippen molar-refractivity contribution in [2.45, 2.75) is 6.42 Å². The first kappa shape index (κ1) is 15.8. The molecule has 0 fully saturated rings. The van der Waals surface area contributed by atoms with Gasteiger partial charge in [-0.25, -0.2) is 0 Å². The van der Waals surface area contributed by atoms with Crippen molar-refractivity contribution in [2.75, 3.05) is 47.9 Å². The molecule has 1 aromatic rings. The van der Waals surface area contributed by atoms with E-state index in [0.717, 1.165) is 23.7 Å². The van der Waals surface area contributed by atoms with E-state index in [4.69, 9.17) is 21.1 Å². The molecule has 5 nitrogen and oxygen atoms in total. The van der Waals surface area contributed by atoms with Gasteiger partial charge in [-0.2, -0.15) is 0 Å². The number of ether oxygens (including phenoxy) is 2. The van der Waals surface area contributed by atoms with Gasteiger partial charge in [0.05, 0.1) is 5.02 Å². The fourth-order valence-electron chi connectivity index (χ4n) is 2.28. The van der Waals surface area contributed by atoms with Crippen LogP contribution in [0.3, 0.4) is 0 Å². The number of hydrogen-bond acceptors (Lipinski definition) is 3. The van der Waals surface area contributed by atoms with E-state index in [1.165, 1.54) is 0 Å². The van der Waals surface area contributed by atoms with Crippen LogP contribution in [0.5, 0.6) is 11.5 Å². The van der Waals surface area contributed by atoms with Crippen molar-refractivity contribution < 1.29 is 9.47 Å². The second-order valence-corrected chi connectivity index (χ2v) is 5.73. The summed E-state index contributed by atoms with van der Waals surface area (Å²) in [6.07, 6.45) is 0.807. The molecule has 21 heavy (non-hydrogen) atoms. The first-order chi connectivity index (χ1) is 9.99. The highest BCUT2D eigenvalue weighted by atomic mass is 35.5. The molecule has 0 atom stereocenters. The predicted molar refractivity (Wildman–Crippen MR) is 85.8 cm³/mol. The predicted octanol–water partition coefficient (Wildman–Crippen LogP) is 2.13. The van der Waals surface area contributed by atoms with Crippen LogP contribution in [0.1, 0.15) is 5.56 Å². The third-order valence-electron chi connectivity index (χ3n) is 3.11. The number of halogens is 1. The molecule has 116 valence electrons. The molecule has 1 aliphatic heterocycles. The van der Waals surface area contributed by atoms with Gasteiger partial charge in [-0.1, -0.05) is 11.6 Å². The lowest BCUT2D eigenvalue weighted by Crippen LogP contribution is -2.35. The number of nitrogens with zero attached hydrogens (tertiary/aromatic N) is 3. The second kappa shape index (κ2) is 6.89. The molecule has 1 aromatic carbocycles. The summed E-state index contributed by atoms with van der Waals surface area (Å²) in [4.78, 5) is 8.61. The third kappa shape index (κ3) is 3.94. The number of benzene rings is 1. The van der Waals surface area contributed by atoms with Gasteiger partial charge in [-0.05, 0) is 24.1 Å². The summed E-state index contributed by atoms with van der Waals surface area (Å²) in [7, 11) is 7.94. The highest BCUT2D eigenvalue weighted by Gasteiger charge is 2.16. The Balaban J connectivity index is 2.07. The maximum atomic E-state index is 6.23. The van der Waals surface area contributed by atoms with E-state index in [9.17, 15) is 0 Å². The number of aliphatic imine (C=N–C) groups is 1. The first-order valence-corrected chi connectivity index (χ1v) is 7.34. The van der Waals surface area contributed by atoms with Gasteiger partial charge in [-0.15, -0.1) is 0 Å². The molecule has 0 aliphatic carbocycles. The van der Waals surface area contributed by atoms with Gasteiger partial charge in [-0.3, -0.25) is 4.99 Å². The first-order valence-electron chi connectivity index (χ1n) is 6.96. The average Bonchev–Trinajstić information content (AvgIpc) is 2.43. The van der Waals surface area contributed by atoms with E-state index in [1.54, 1.807) is 0 Å². The quantitative estimate of drug-likeness (QED) is 0.633. The van der Waals surface area contributed by atoms with Gasteiger partial charge in [0.15, 0.2) is 17.5 Å². The van der Waals surface area contributed by atoms with Gasteiger partial charge >= 0.3 is 0 Å². The molecule has 1 heterocycles. The van der Waals surface area contributed by atoms with E-state index in [1.807, 2.05) is 50.1 Å². The van der Waals surface area contributed by atoms with E-state index >= 15 is 0 Å². The molecule has 0 saturated carbocycles. The normalized spacial score (nSPS) is 12.8. The topological polar surface area (TPSA) is 37.3 Å². The Morgan fingerprint density at radius 2 is 1.81 bits per heavy atom. The Morgan fingerprint density at radius 3 is 2.48 bits per heavy atom. The van der Waals surface area contributed by atoms with Crippen molar-refractivity contribution >= 4 is 17.6 Å². The van der Waals surface area contributed by atoms with Crippen LogP contribution in [0.2, 0.25) is 5.02 Å². The zero-order valence-electron chi connectivity index (χ0n) is 13.0. The summed E-state index contributed by atoms with van der Waals surface area (Å²) < 4.78 is 11.1. The molecule has 0 amide bonds. The van der Waals surface area contributed by atoms with Gasteiger partial charge in [0, 0.05) is 34.7 Å². The SMILES string of the molecule is CN(C)C(=NCCc1cc(Cl)c2c(c1)OCCO2)N(C)C. The molecule has 1 aliphatic rings. The van der Waals surface area contributed by atoms with Gasteiger partial charge in [0.1, 0.15) is 13.2 Å². The van der Waals surface area contributed by atoms with Crippen molar-refractivity contribution in [1.82, 2.24) is 9.80 Å². The third-order valence-corrected chi connectivity index (χ3v) is 3.39. The maximum absolute atomic E-state index is 6.23. The highest BCUT2D eigenvalue weighted by molar-refractivity contribution is 6.32. The van der Waals surface area contributed by atoms with Crippen LogP contribution in [0.4, 0.5) is 0 Å². The minimum Gasteiger partial charge on any atom is -0.486 e. The summed E-state index contributed by atoms with van der Waals surface area (Å²) >= 11 is 6.23. The van der Waals surface area contributed by atoms with E-state index in [2.05, 4.69) is 4.99 Å². The molecule has 0 radical (unpaired) electrons. The second-order valence-electron chi connectivity index (χ2n) is 5.32. The molecular formula is C15H22ClN3O2. The van der Waals surface area contributed by atoms with Crippen molar-refractivity contribution in [3.05, 3.63) is 22.7 Å². The molecule has 0 unspecified atom stereocenters. The van der Waals surface area contributed by atoms with Crippen molar-refractivity contribution in [1.29, 1.82) is 0 Å².